The molecular weight excluding hydrogens is 469 g/mol. The number of nitrogens with one attached hydrogen (secondary N) is 1. The van der Waals surface area contributed by atoms with E-state index in [1.54, 1.807) is 24.3 Å². The zero-order valence-electron chi connectivity index (χ0n) is 15.4. The highest BCUT2D eigenvalue weighted by molar-refractivity contribution is 9.10. The molecular formula is C19H16BrF3N4O3. The fraction of sp³-hybridized carbons (Fsp3) is 0.263. The lowest BCUT2D eigenvalue weighted by atomic mass is 10.2. The molecule has 3 aromatic rings. The Labute approximate surface area is 177 Å². The molecule has 0 aliphatic heterocycles. The summed E-state index contributed by atoms with van der Waals surface area (Å²) in [5.74, 6) is -0.509. The fourth-order valence-electron chi connectivity index (χ4n) is 2.60. The van der Waals surface area contributed by atoms with Crippen LogP contribution in [0.5, 0.6) is 5.88 Å². The maximum Gasteiger partial charge on any atom is 0.422 e. The summed E-state index contributed by atoms with van der Waals surface area (Å²) in [7, 11) is 0. The van der Waals surface area contributed by atoms with Crippen molar-refractivity contribution in [3.63, 3.8) is 0 Å². The van der Waals surface area contributed by atoms with E-state index < -0.39 is 12.8 Å². The highest BCUT2D eigenvalue weighted by Gasteiger charge is 2.28. The number of hydrogen-bond acceptors (Lipinski definition) is 5. The van der Waals surface area contributed by atoms with Gasteiger partial charge in [-0.15, -0.1) is 0 Å². The Bertz CT molecular complexity index is 1120. The van der Waals surface area contributed by atoms with Crippen LogP contribution < -0.4 is 15.6 Å². The number of nitrogens with zero attached hydrogens (tertiary/aromatic N) is 3. The second-order valence-electron chi connectivity index (χ2n) is 6.34. The van der Waals surface area contributed by atoms with Crippen LogP contribution in [0.25, 0.3) is 10.9 Å². The zero-order valence-corrected chi connectivity index (χ0v) is 17.0. The molecule has 0 saturated carbocycles. The normalized spacial score (nSPS) is 11.5. The number of aromatic nitrogens is 3. The van der Waals surface area contributed by atoms with E-state index in [0.717, 1.165) is 4.47 Å². The van der Waals surface area contributed by atoms with Gasteiger partial charge >= 0.3 is 6.18 Å². The smallest absolute Gasteiger partial charge is 0.422 e. The van der Waals surface area contributed by atoms with Gasteiger partial charge in [0.2, 0.25) is 11.8 Å². The molecule has 1 amide bonds. The number of rotatable bonds is 7. The third-order valence-electron chi connectivity index (χ3n) is 4.04. The van der Waals surface area contributed by atoms with Gasteiger partial charge in [-0.1, -0.05) is 15.9 Å². The molecule has 2 heterocycles. The Morgan fingerprint density at radius 1 is 1.20 bits per heavy atom. The number of benzene rings is 1. The first-order valence-electron chi connectivity index (χ1n) is 8.77. The van der Waals surface area contributed by atoms with Gasteiger partial charge in [0.1, 0.15) is 0 Å². The summed E-state index contributed by atoms with van der Waals surface area (Å²) in [5.41, 5.74) is 0.838. The summed E-state index contributed by atoms with van der Waals surface area (Å²) in [6.45, 7) is -1.22. The van der Waals surface area contributed by atoms with Crippen molar-refractivity contribution in [1.29, 1.82) is 0 Å². The minimum absolute atomic E-state index is 0.0314. The molecule has 7 nitrogen and oxygen atoms in total. The monoisotopic (exact) mass is 484 g/mol. The summed E-state index contributed by atoms with van der Waals surface area (Å²) in [6, 6.07) is 8.05. The Morgan fingerprint density at radius 3 is 2.77 bits per heavy atom. The number of amides is 1. The summed E-state index contributed by atoms with van der Waals surface area (Å²) in [4.78, 5) is 32.5. The predicted octanol–water partition coefficient (Wildman–Crippen LogP) is 3.20. The number of fused-ring (bicyclic) bond motifs is 1. The van der Waals surface area contributed by atoms with Gasteiger partial charge in [0.25, 0.3) is 5.56 Å². The molecule has 0 bridgehead atoms. The van der Waals surface area contributed by atoms with Crippen LogP contribution >= 0.6 is 15.9 Å². The predicted molar refractivity (Wildman–Crippen MR) is 106 cm³/mol. The van der Waals surface area contributed by atoms with Crippen LogP contribution in [-0.2, 0) is 17.9 Å². The average molecular weight is 485 g/mol. The van der Waals surface area contributed by atoms with Crippen molar-refractivity contribution in [1.82, 2.24) is 19.9 Å². The number of pyridine rings is 1. The second kappa shape index (κ2) is 9.24. The molecule has 0 saturated heterocycles. The molecule has 2 aromatic heterocycles. The number of hydrogen-bond donors (Lipinski definition) is 1. The molecule has 0 unspecified atom stereocenters. The average Bonchev–Trinajstić information content (AvgIpc) is 2.70. The molecule has 158 valence electrons. The minimum atomic E-state index is -4.46. The Balaban J connectivity index is 1.55. The molecule has 3 rings (SSSR count). The van der Waals surface area contributed by atoms with Crippen LogP contribution in [0.4, 0.5) is 13.2 Å². The molecule has 1 N–H and O–H groups in total. The summed E-state index contributed by atoms with van der Waals surface area (Å²) in [5, 5.41) is 3.09. The van der Waals surface area contributed by atoms with Crippen LogP contribution in [0.1, 0.15) is 12.0 Å². The van der Waals surface area contributed by atoms with Crippen molar-refractivity contribution < 1.29 is 22.7 Å². The lowest BCUT2D eigenvalue weighted by Crippen LogP contribution is -2.27. The highest BCUT2D eigenvalue weighted by Crippen LogP contribution is 2.17. The third-order valence-corrected chi connectivity index (χ3v) is 4.53. The van der Waals surface area contributed by atoms with E-state index >= 15 is 0 Å². The molecule has 30 heavy (non-hydrogen) atoms. The van der Waals surface area contributed by atoms with E-state index in [2.05, 4.69) is 36.0 Å². The highest BCUT2D eigenvalue weighted by atomic mass is 79.9. The van der Waals surface area contributed by atoms with Gasteiger partial charge in [-0.3, -0.25) is 14.2 Å². The number of aryl methyl sites for hydroxylation is 1. The van der Waals surface area contributed by atoms with Crippen LogP contribution in [0, 0.1) is 0 Å². The molecule has 0 aliphatic rings. The largest absolute Gasteiger partial charge is 0.468 e. The SMILES string of the molecule is O=C(CCn1cnc2ccc(Br)cc2c1=O)NCc1ccnc(OCC(F)(F)F)c1. The van der Waals surface area contributed by atoms with E-state index in [1.807, 2.05) is 0 Å². The molecule has 0 aliphatic carbocycles. The molecule has 1 aromatic carbocycles. The first-order chi connectivity index (χ1) is 14.2. The van der Waals surface area contributed by atoms with Gasteiger partial charge in [-0.05, 0) is 29.8 Å². The van der Waals surface area contributed by atoms with Gasteiger partial charge in [-0.2, -0.15) is 13.2 Å². The number of carbonyl (C=O) groups excluding carboxylic acids is 1. The molecule has 0 fully saturated rings. The Kier molecular flexibility index (Phi) is 6.70. The van der Waals surface area contributed by atoms with Crippen LogP contribution in [-0.4, -0.2) is 33.2 Å². The van der Waals surface area contributed by atoms with E-state index in [-0.39, 0.29) is 36.9 Å². The maximum atomic E-state index is 12.5. The number of carbonyl (C=O) groups is 1. The van der Waals surface area contributed by atoms with Crippen molar-refractivity contribution >= 4 is 32.7 Å². The van der Waals surface area contributed by atoms with Gasteiger partial charge in [0.15, 0.2) is 6.61 Å². The summed E-state index contributed by atoms with van der Waals surface area (Å²) < 4.78 is 43.3. The van der Waals surface area contributed by atoms with Crippen molar-refractivity contribution in [2.24, 2.45) is 0 Å². The number of halogens is 4. The topological polar surface area (TPSA) is 86.1 Å². The maximum absolute atomic E-state index is 12.5. The lowest BCUT2D eigenvalue weighted by Gasteiger charge is -2.10. The zero-order chi connectivity index (χ0) is 21.7. The third kappa shape index (κ3) is 6.02. The second-order valence-corrected chi connectivity index (χ2v) is 7.25. The Hall–Kier alpha value is -2.95. The van der Waals surface area contributed by atoms with E-state index in [4.69, 9.17) is 0 Å². The van der Waals surface area contributed by atoms with Crippen molar-refractivity contribution in [3.8, 4) is 5.88 Å². The van der Waals surface area contributed by atoms with Gasteiger partial charge in [-0.25, -0.2) is 9.97 Å². The van der Waals surface area contributed by atoms with Gasteiger partial charge in [0.05, 0.1) is 17.2 Å². The minimum Gasteiger partial charge on any atom is -0.468 e. The van der Waals surface area contributed by atoms with Crippen LogP contribution in [0.3, 0.4) is 0 Å². The van der Waals surface area contributed by atoms with E-state index in [0.29, 0.717) is 16.5 Å². The first-order valence-corrected chi connectivity index (χ1v) is 9.56. The summed E-state index contributed by atoms with van der Waals surface area (Å²) >= 11 is 3.31. The molecule has 0 spiro atoms. The molecule has 0 atom stereocenters. The quantitative estimate of drug-likeness (QED) is 0.556. The molecule has 11 heteroatoms. The molecule has 0 radical (unpaired) electrons. The Morgan fingerprint density at radius 2 is 2.00 bits per heavy atom. The van der Waals surface area contributed by atoms with E-state index in [9.17, 15) is 22.8 Å². The number of ether oxygens (including phenoxy) is 1. The lowest BCUT2D eigenvalue weighted by molar-refractivity contribution is -0.154. The van der Waals surface area contributed by atoms with Crippen molar-refractivity contribution in [2.75, 3.05) is 6.61 Å². The van der Waals surface area contributed by atoms with Gasteiger partial charge in [0, 0.05) is 36.2 Å². The van der Waals surface area contributed by atoms with Crippen molar-refractivity contribution in [3.05, 3.63) is 63.2 Å². The standard InChI is InChI=1S/C19H16BrF3N4O3/c20-13-1-2-15-14(8-13)18(29)27(11-26-15)6-4-16(28)25-9-12-3-5-24-17(7-12)30-10-19(21,22)23/h1-3,5,7-8,11H,4,6,9-10H2,(H,25,28). The van der Waals surface area contributed by atoms with E-state index in [1.165, 1.54) is 23.2 Å². The summed E-state index contributed by atoms with van der Waals surface area (Å²) in [6.07, 6.45) is -1.74. The first kappa shape index (κ1) is 21.8. The fourth-order valence-corrected chi connectivity index (χ4v) is 2.96. The van der Waals surface area contributed by atoms with Crippen molar-refractivity contribution in [2.45, 2.75) is 25.7 Å². The number of alkyl halides is 3. The van der Waals surface area contributed by atoms with Crippen LogP contribution in [0.15, 0.2) is 52.1 Å². The van der Waals surface area contributed by atoms with Crippen LogP contribution in [0.2, 0.25) is 0 Å². The van der Waals surface area contributed by atoms with Gasteiger partial charge < -0.3 is 10.1 Å².